The molecule has 5 nitrogen and oxygen atoms in total. The van der Waals surface area contributed by atoms with Gasteiger partial charge in [-0.2, -0.15) is 0 Å². The fourth-order valence-electron chi connectivity index (χ4n) is 2.41. The van der Waals surface area contributed by atoms with Crippen molar-refractivity contribution in [1.29, 1.82) is 0 Å². The molecule has 0 spiro atoms. The number of hydrogen-bond acceptors (Lipinski definition) is 4. The van der Waals surface area contributed by atoms with Gasteiger partial charge < -0.3 is 11.1 Å². The van der Waals surface area contributed by atoms with Gasteiger partial charge in [0, 0.05) is 11.6 Å². The molecule has 0 saturated carbocycles. The van der Waals surface area contributed by atoms with Crippen molar-refractivity contribution in [2.75, 3.05) is 18.1 Å². The van der Waals surface area contributed by atoms with Crippen LogP contribution in [0.5, 0.6) is 0 Å². The highest BCUT2D eigenvalue weighted by Crippen LogP contribution is 2.14. The van der Waals surface area contributed by atoms with Gasteiger partial charge in [-0.25, -0.2) is 8.42 Å². The first kappa shape index (κ1) is 15.0. The molecule has 0 bridgehead atoms. The molecular formula is C14H20N2O3S. The van der Waals surface area contributed by atoms with E-state index in [0.717, 1.165) is 5.56 Å². The molecule has 1 aliphatic heterocycles. The van der Waals surface area contributed by atoms with Crippen LogP contribution in [0.1, 0.15) is 28.8 Å². The number of hydrogen-bond donors (Lipinski definition) is 2. The quantitative estimate of drug-likeness (QED) is 0.846. The summed E-state index contributed by atoms with van der Waals surface area (Å²) in [6, 6.07) is 7.32. The lowest BCUT2D eigenvalue weighted by Crippen LogP contribution is -2.41. The highest BCUT2D eigenvalue weighted by atomic mass is 32.2. The van der Waals surface area contributed by atoms with Crippen molar-refractivity contribution >= 4 is 15.7 Å². The second kappa shape index (κ2) is 6.37. The summed E-state index contributed by atoms with van der Waals surface area (Å²) in [6.07, 6.45) is 1.64. The average Bonchev–Trinajstić information content (AvgIpc) is 2.42. The molecule has 110 valence electrons. The lowest BCUT2D eigenvalue weighted by molar-refractivity contribution is 0.0933. The number of nitrogens with one attached hydrogen (secondary N) is 1. The van der Waals surface area contributed by atoms with Gasteiger partial charge in [-0.15, -0.1) is 0 Å². The molecule has 1 fully saturated rings. The number of sulfone groups is 1. The van der Waals surface area contributed by atoms with Crippen LogP contribution < -0.4 is 11.1 Å². The molecule has 1 amide bonds. The van der Waals surface area contributed by atoms with E-state index in [0.29, 0.717) is 31.4 Å². The standard InChI is InChI=1S/C14H20N2O3S/c15-8-5-11-3-1-2-4-13(11)14(17)16-12-6-9-20(18,19)10-7-12/h1-4,12H,5-10,15H2,(H,16,17). The SMILES string of the molecule is NCCc1ccccc1C(=O)NC1CCS(=O)(=O)CC1. The van der Waals surface area contributed by atoms with E-state index < -0.39 is 9.84 Å². The van der Waals surface area contributed by atoms with Crippen molar-refractivity contribution < 1.29 is 13.2 Å². The number of carbonyl (C=O) groups excluding carboxylic acids is 1. The molecule has 3 N–H and O–H groups in total. The number of nitrogens with two attached hydrogens (primary N) is 1. The maximum absolute atomic E-state index is 12.3. The molecule has 2 rings (SSSR count). The fraction of sp³-hybridized carbons (Fsp3) is 0.500. The molecular weight excluding hydrogens is 276 g/mol. The lowest BCUT2D eigenvalue weighted by Gasteiger charge is -2.23. The summed E-state index contributed by atoms with van der Waals surface area (Å²) in [6.45, 7) is 0.492. The summed E-state index contributed by atoms with van der Waals surface area (Å²) in [7, 11) is -2.90. The second-order valence-corrected chi connectivity index (χ2v) is 7.40. The largest absolute Gasteiger partial charge is 0.349 e. The number of amides is 1. The molecule has 20 heavy (non-hydrogen) atoms. The molecule has 1 aromatic rings. The van der Waals surface area contributed by atoms with Gasteiger partial charge in [-0.1, -0.05) is 18.2 Å². The van der Waals surface area contributed by atoms with Crippen LogP contribution in [0.15, 0.2) is 24.3 Å². The zero-order valence-corrected chi connectivity index (χ0v) is 12.2. The van der Waals surface area contributed by atoms with E-state index in [4.69, 9.17) is 5.73 Å². The number of carbonyl (C=O) groups is 1. The van der Waals surface area contributed by atoms with Gasteiger partial charge in [0.15, 0.2) is 0 Å². The average molecular weight is 296 g/mol. The van der Waals surface area contributed by atoms with Crippen molar-refractivity contribution in [2.24, 2.45) is 5.73 Å². The fourth-order valence-corrected chi connectivity index (χ4v) is 3.90. The van der Waals surface area contributed by atoms with Crippen LogP contribution in [0.25, 0.3) is 0 Å². The van der Waals surface area contributed by atoms with E-state index in [2.05, 4.69) is 5.32 Å². The Hall–Kier alpha value is -1.40. The lowest BCUT2D eigenvalue weighted by atomic mass is 10.0. The van der Waals surface area contributed by atoms with Crippen LogP contribution >= 0.6 is 0 Å². The molecule has 0 unspecified atom stereocenters. The first-order valence-electron chi connectivity index (χ1n) is 6.81. The maximum atomic E-state index is 12.3. The number of benzene rings is 1. The van der Waals surface area contributed by atoms with E-state index in [1.54, 1.807) is 6.07 Å². The van der Waals surface area contributed by atoms with Crippen LogP contribution in [0, 0.1) is 0 Å². The smallest absolute Gasteiger partial charge is 0.251 e. The third-order valence-corrected chi connectivity index (χ3v) is 5.28. The minimum atomic E-state index is -2.90. The summed E-state index contributed by atoms with van der Waals surface area (Å²) in [5, 5.41) is 2.93. The predicted octanol–water partition coefficient (Wildman–Crippen LogP) is 0.495. The van der Waals surface area contributed by atoms with E-state index in [1.807, 2.05) is 18.2 Å². The third-order valence-electron chi connectivity index (χ3n) is 3.57. The van der Waals surface area contributed by atoms with Crippen LogP contribution in [-0.2, 0) is 16.3 Å². The topological polar surface area (TPSA) is 89.3 Å². The molecule has 1 heterocycles. The number of rotatable bonds is 4. The van der Waals surface area contributed by atoms with Gasteiger partial charge in [0.1, 0.15) is 9.84 Å². The van der Waals surface area contributed by atoms with E-state index in [-0.39, 0.29) is 23.5 Å². The van der Waals surface area contributed by atoms with Crippen molar-refractivity contribution in [3.8, 4) is 0 Å². The Morgan fingerprint density at radius 2 is 1.90 bits per heavy atom. The predicted molar refractivity (Wildman–Crippen MR) is 78.3 cm³/mol. The van der Waals surface area contributed by atoms with Crippen LogP contribution in [0.2, 0.25) is 0 Å². The first-order chi connectivity index (χ1) is 9.52. The van der Waals surface area contributed by atoms with Gasteiger partial charge in [-0.3, -0.25) is 4.79 Å². The first-order valence-corrected chi connectivity index (χ1v) is 8.63. The molecule has 0 aromatic heterocycles. The highest BCUT2D eigenvalue weighted by molar-refractivity contribution is 7.91. The summed E-state index contributed by atoms with van der Waals surface area (Å²) in [5.41, 5.74) is 7.10. The van der Waals surface area contributed by atoms with Crippen LogP contribution in [0.3, 0.4) is 0 Å². The van der Waals surface area contributed by atoms with Gasteiger partial charge in [0.2, 0.25) is 0 Å². The van der Waals surface area contributed by atoms with Crippen molar-refractivity contribution in [3.05, 3.63) is 35.4 Å². The Balaban J connectivity index is 2.02. The Morgan fingerprint density at radius 3 is 2.55 bits per heavy atom. The van der Waals surface area contributed by atoms with E-state index in [9.17, 15) is 13.2 Å². The van der Waals surface area contributed by atoms with Crippen LogP contribution in [-0.4, -0.2) is 38.4 Å². The minimum absolute atomic E-state index is 0.0584. The minimum Gasteiger partial charge on any atom is -0.349 e. The van der Waals surface area contributed by atoms with Crippen LogP contribution in [0.4, 0.5) is 0 Å². The Bertz CT molecular complexity index is 570. The molecule has 1 aliphatic rings. The molecule has 0 radical (unpaired) electrons. The zero-order valence-electron chi connectivity index (χ0n) is 11.3. The second-order valence-electron chi connectivity index (χ2n) is 5.10. The van der Waals surface area contributed by atoms with Gasteiger partial charge in [0.05, 0.1) is 11.5 Å². The molecule has 0 atom stereocenters. The van der Waals surface area contributed by atoms with Crippen molar-refractivity contribution in [1.82, 2.24) is 5.32 Å². The molecule has 1 saturated heterocycles. The van der Waals surface area contributed by atoms with E-state index >= 15 is 0 Å². The molecule has 0 aliphatic carbocycles. The van der Waals surface area contributed by atoms with Gasteiger partial charge >= 0.3 is 0 Å². The Labute approximate surface area is 119 Å². The zero-order chi connectivity index (χ0) is 14.6. The normalized spacial score (nSPS) is 18.6. The molecule has 6 heteroatoms. The van der Waals surface area contributed by atoms with Crippen molar-refractivity contribution in [3.63, 3.8) is 0 Å². The molecule has 1 aromatic carbocycles. The third kappa shape index (κ3) is 3.80. The maximum Gasteiger partial charge on any atom is 0.251 e. The Kier molecular flexibility index (Phi) is 4.77. The van der Waals surface area contributed by atoms with E-state index in [1.165, 1.54) is 0 Å². The van der Waals surface area contributed by atoms with Crippen molar-refractivity contribution in [2.45, 2.75) is 25.3 Å². The van der Waals surface area contributed by atoms with Gasteiger partial charge in [-0.05, 0) is 37.4 Å². The summed E-state index contributed by atoms with van der Waals surface area (Å²) < 4.78 is 22.7. The summed E-state index contributed by atoms with van der Waals surface area (Å²) in [5.74, 6) is 0.170. The summed E-state index contributed by atoms with van der Waals surface area (Å²) in [4.78, 5) is 12.3. The Morgan fingerprint density at radius 1 is 1.25 bits per heavy atom. The van der Waals surface area contributed by atoms with Gasteiger partial charge in [0.25, 0.3) is 5.91 Å². The highest BCUT2D eigenvalue weighted by Gasteiger charge is 2.25. The summed E-state index contributed by atoms with van der Waals surface area (Å²) >= 11 is 0. The monoisotopic (exact) mass is 296 g/mol.